The third-order valence-corrected chi connectivity index (χ3v) is 4.17. The van der Waals surface area contributed by atoms with Crippen LogP contribution in [0.1, 0.15) is 11.9 Å². The van der Waals surface area contributed by atoms with Crippen molar-refractivity contribution in [2.45, 2.75) is 12.3 Å². The van der Waals surface area contributed by atoms with Crippen molar-refractivity contribution in [1.29, 1.82) is 0 Å². The molecular formula is C7H11Cl2N3S. The molecule has 0 radical (unpaired) electrons. The molecule has 1 aromatic rings. The zero-order valence-electron chi connectivity index (χ0n) is 7.47. The summed E-state index contributed by atoms with van der Waals surface area (Å²) in [6, 6.07) is 0. The van der Waals surface area contributed by atoms with Crippen LogP contribution in [0.25, 0.3) is 0 Å². The Balaban J connectivity index is 2.91. The molecule has 0 amide bonds. The molecule has 0 saturated heterocycles. The molecule has 0 atom stereocenters. The van der Waals surface area contributed by atoms with E-state index in [0.29, 0.717) is 11.8 Å². The minimum atomic E-state index is -0.268. The van der Waals surface area contributed by atoms with Gasteiger partial charge in [0.2, 0.25) is 5.13 Å². The second-order valence-corrected chi connectivity index (χ2v) is 4.50. The molecule has 0 aliphatic heterocycles. The molecule has 0 saturated carbocycles. The smallest absolute Gasteiger partial charge is 0.205 e. The lowest BCUT2D eigenvalue weighted by molar-refractivity contribution is 0.593. The van der Waals surface area contributed by atoms with Gasteiger partial charge in [0.15, 0.2) is 0 Å². The van der Waals surface area contributed by atoms with Gasteiger partial charge < -0.3 is 5.32 Å². The van der Waals surface area contributed by atoms with Crippen molar-refractivity contribution >= 4 is 39.7 Å². The SMILES string of the molecule is CNc1nnc(C(C)(CCl)CCl)s1. The van der Waals surface area contributed by atoms with Crippen LogP contribution >= 0.6 is 34.5 Å². The van der Waals surface area contributed by atoms with Crippen LogP contribution in [0.2, 0.25) is 0 Å². The van der Waals surface area contributed by atoms with E-state index in [1.165, 1.54) is 11.3 Å². The van der Waals surface area contributed by atoms with E-state index < -0.39 is 0 Å². The first kappa shape index (κ1) is 11.0. The zero-order chi connectivity index (χ0) is 9.90. The number of hydrogen-bond donors (Lipinski definition) is 1. The molecule has 1 N–H and O–H groups in total. The normalized spacial score (nSPS) is 11.7. The fourth-order valence-corrected chi connectivity index (χ4v) is 2.25. The summed E-state index contributed by atoms with van der Waals surface area (Å²) < 4.78 is 0. The summed E-state index contributed by atoms with van der Waals surface area (Å²) >= 11 is 13.1. The van der Waals surface area contributed by atoms with Gasteiger partial charge in [-0.3, -0.25) is 0 Å². The van der Waals surface area contributed by atoms with Crippen LogP contribution in [-0.2, 0) is 5.41 Å². The third kappa shape index (κ3) is 2.24. The molecule has 1 rings (SSSR count). The Labute approximate surface area is 91.5 Å². The molecule has 0 fully saturated rings. The monoisotopic (exact) mass is 239 g/mol. The maximum absolute atomic E-state index is 5.83. The molecule has 13 heavy (non-hydrogen) atoms. The van der Waals surface area contributed by atoms with Gasteiger partial charge in [0, 0.05) is 24.2 Å². The van der Waals surface area contributed by atoms with E-state index in [4.69, 9.17) is 23.2 Å². The lowest BCUT2D eigenvalue weighted by Crippen LogP contribution is -2.25. The van der Waals surface area contributed by atoms with Crippen molar-refractivity contribution in [3.63, 3.8) is 0 Å². The summed E-state index contributed by atoms with van der Waals surface area (Å²) in [6.45, 7) is 1.98. The molecule has 3 nitrogen and oxygen atoms in total. The Bertz CT molecular complexity index is 272. The summed E-state index contributed by atoms with van der Waals surface area (Å²) in [5, 5.41) is 12.6. The topological polar surface area (TPSA) is 37.8 Å². The summed E-state index contributed by atoms with van der Waals surface area (Å²) in [7, 11) is 1.81. The van der Waals surface area contributed by atoms with Crippen LogP contribution in [0.3, 0.4) is 0 Å². The number of nitrogens with one attached hydrogen (secondary N) is 1. The van der Waals surface area contributed by atoms with Crippen LogP contribution in [0, 0.1) is 0 Å². The van der Waals surface area contributed by atoms with E-state index in [2.05, 4.69) is 15.5 Å². The first-order valence-corrected chi connectivity index (χ1v) is 5.68. The van der Waals surface area contributed by atoms with Crippen molar-refractivity contribution in [3.05, 3.63) is 5.01 Å². The van der Waals surface area contributed by atoms with Crippen molar-refractivity contribution < 1.29 is 0 Å². The summed E-state index contributed by atoms with van der Waals surface area (Å²) in [5.74, 6) is 0.906. The number of alkyl halides is 2. The maximum atomic E-state index is 5.83. The molecule has 1 aromatic heterocycles. The lowest BCUT2D eigenvalue weighted by atomic mass is 9.98. The summed E-state index contributed by atoms with van der Waals surface area (Å²) in [5.41, 5.74) is -0.268. The van der Waals surface area contributed by atoms with Gasteiger partial charge in [-0.1, -0.05) is 18.3 Å². The van der Waals surface area contributed by atoms with E-state index >= 15 is 0 Å². The number of rotatable bonds is 4. The van der Waals surface area contributed by atoms with E-state index in [0.717, 1.165) is 10.1 Å². The molecule has 0 spiro atoms. The second kappa shape index (κ2) is 4.44. The van der Waals surface area contributed by atoms with Crippen LogP contribution < -0.4 is 5.32 Å². The van der Waals surface area contributed by atoms with Gasteiger partial charge in [-0.15, -0.1) is 33.4 Å². The Morgan fingerprint density at radius 2 is 2.00 bits per heavy atom. The molecule has 0 aromatic carbocycles. The third-order valence-electron chi connectivity index (χ3n) is 1.75. The molecular weight excluding hydrogens is 229 g/mol. The molecule has 0 bridgehead atoms. The van der Waals surface area contributed by atoms with Crippen molar-refractivity contribution in [2.24, 2.45) is 0 Å². The predicted octanol–water partition coefficient (Wildman–Crippen LogP) is 2.32. The largest absolute Gasteiger partial charge is 0.363 e. The minimum Gasteiger partial charge on any atom is -0.363 e. The fourth-order valence-electron chi connectivity index (χ4n) is 0.718. The first-order chi connectivity index (χ1) is 6.16. The average molecular weight is 240 g/mol. The van der Waals surface area contributed by atoms with Gasteiger partial charge in [0.25, 0.3) is 0 Å². The number of anilines is 1. The highest BCUT2D eigenvalue weighted by molar-refractivity contribution is 7.15. The molecule has 0 aliphatic carbocycles. The lowest BCUT2D eigenvalue weighted by Gasteiger charge is -2.19. The van der Waals surface area contributed by atoms with Gasteiger partial charge >= 0.3 is 0 Å². The second-order valence-electron chi connectivity index (χ2n) is 2.99. The summed E-state index contributed by atoms with van der Waals surface area (Å²) in [4.78, 5) is 0. The van der Waals surface area contributed by atoms with Crippen molar-refractivity contribution in [2.75, 3.05) is 24.1 Å². The Morgan fingerprint density at radius 1 is 1.38 bits per heavy atom. The number of aromatic nitrogens is 2. The van der Waals surface area contributed by atoms with Crippen LogP contribution in [-0.4, -0.2) is 29.0 Å². The van der Waals surface area contributed by atoms with Crippen LogP contribution in [0.15, 0.2) is 0 Å². The van der Waals surface area contributed by atoms with Gasteiger partial charge in [0.05, 0.1) is 0 Å². The Hall–Kier alpha value is -0.0600. The van der Waals surface area contributed by atoms with E-state index in [9.17, 15) is 0 Å². The fraction of sp³-hybridized carbons (Fsp3) is 0.714. The van der Waals surface area contributed by atoms with E-state index in [1.54, 1.807) is 0 Å². The maximum Gasteiger partial charge on any atom is 0.205 e. The molecule has 1 heterocycles. The van der Waals surface area contributed by atoms with Crippen molar-refractivity contribution in [3.8, 4) is 0 Å². The number of nitrogens with zero attached hydrogens (tertiary/aromatic N) is 2. The first-order valence-electron chi connectivity index (χ1n) is 3.80. The standard InChI is InChI=1S/C7H11Cl2N3S/c1-7(3-8,4-9)5-11-12-6(10-2)13-5/h3-4H2,1-2H3,(H,10,12). The highest BCUT2D eigenvalue weighted by Crippen LogP contribution is 2.30. The average Bonchev–Trinajstić information content (AvgIpc) is 2.65. The molecule has 6 heteroatoms. The van der Waals surface area contributed by atoms with E-state index in [1.807, 2.05) is 14.0 Å². The van der Waals surface area contributed by atoms with Gasteiger partial charge in [-0.2, -0.15) is 0 Å². The van der Waals surface area contributed by atoms with Crippen LogP contribution in [0.5, 0.6) is 0 Å². The number of hydrogen-bond acceptors (Lipinski definition) is 4. The van der Waals surface area contributed by atoms with Gasteiger partial charge in [-0.05, 0) is 0 Å². The predicted molar refractivity (Wildman–Crippen MR) is 58.2 cm³/mol. The minimum absolute atomic E-state index is 0.268. The molecule has 0 aliphatic rings. The van der Waals surface area contributed by atoms with E-state index in [-0.39, 0.29) is 5.41 Å². The molecule has 0 unspecified atom stereocenters. The highest BCUT2D eigenvalue weighted by atomic mass is 35.5. The van der Waals surface area contributed by atoms with Crippen molar-refractivity contribution in [1.82, 2.24) is 10.2 Å². The van der Waals surface area contributed by atoms with Gasteiger partial charge in [0.1, 0.15) is 5.01 Å². The molecule has 74 valence electrons. The van der Waals surface area contributed by atoms with Gasteiger partial charge in [-0.25, -0.2) is 0 Å². The zero-order valence-corrected chi connectivity index (χ0v) is 9.80. The quantitative estimate of drug-likeness (QED) is 0.820. The highest BCUT2D eigenvalue weighted by Gasteiger charge is 2.29. The van der Waals surface area contributed by atoms with Crippen LogP contribution in [0.4, 0.5) is 5.13 Å². The Morgan fingerprint density at radius 3 is 2.38 bits per heavy atom. The number of halogens is 2. The Kier molecular flexibility index (Phi) is 3.76. The summed E-state index contributed by atoms with van der Waals surface area (Å²) in [6.07, 6.45) is 0.